The second-order valence-electron chi connectivity index (χ2n) is 6.40. The van der Waals surface area contributed by atoms with Gasteiger partial charge in [0.1, 0.15) is 5.75 Å². The molecule has 0 saturated carbocycles. The second kappa shape index (κ2) is 6.92. The summed E-state index contributed by atoms with van der Waals surface area (Å²) in [6.07, 6.45) is 0. The van der Waals surface area contributed by atoms with E-state index in [1.165, 1.54) is 16.3 Å². The van der Waals surface area contributed by atoms with E-state index < -0.39 is 8.07 Å². The molecule has 21 heavy (non-hydrogen) atoms. The van der Waals surface area contributed by atoms with Crippen LogP contribution in [0.2, 0.25) is 19.6 Å². The molecule has 2 aromatic rings. The number of rotatable bonds is 6. The van der Waals surface area contributed by atoms with Gasteiger partial charge in [0.25, 0.3) is 0 Å². The zero-order valence-electron chi connectivity index (χ0n) is 13.4. The first-order valence-electron chi connectivity index (χ1n) is 7.42. The maximum Gasteiger partial charge on any atom is 0.119 e. The van der Waals surface area contributed by atoms with Crippen molar-refractivity contribution < 1.29 is 4.74 Å². The molecule has 3 heteroatoms. The maximum atomic E-state index is 5.24. The van der Waals surface area contributed by atoms with E-state index >= 15 is 0 Å². The minimum atomic E-state index is -1.19. The molecule has 0 aliphatic heterocycles. The van der Waals surface area contributed by atoms with Crippen LogP contribution in [0.15, 0.2) is 48.5 Å². The lowest BCUT2D eigenvalue weighted by atomic mass is 10.2. The number of methoxy groups -OCH3 is 1. The highest BCUT2D eigenvalue weighted by Gasteiger charge is 2.15. The Bertz CT molecular complexity index is 573. The van der Waals surface area contributed by atoms with Crippen LogP contribution in [0.25, 0.3) is 0 Å². The van der Waals surface area contributed by atoms with Gasteiger partial charge in [0.2, 0.25) is 0 Å². The number of benzene rings is 2. The Labute approximate surface area is 129 Å². The Balaban J connectivity index is 1.88. The van der Waals surface area contributed by atoms with Gasteiger partial charge in [-0.3, -0.25) is 0 Å². The molecule has 2 rings (SSSR count). The lowest BCUT2D eigenvalue weighted by molar-refractivity contribution is 0.414. The molecule has 1 N–H and O–H groups in total. The van der Waals surface area contributed by atoms with E-state index in [1.54, 1.807) is 7.11 Å². The first-order chi connectivity index (χ1) is 9.99. The molecule has 0 amide bonds. The molecule has 0 saturated heterocycles. The van der Waals surface area contributed by atoms with Crippen molar-refractivity contribution in [2.24, 2.45) is 0 Å². The van der Waals surface area contributed by atoms with Crippen molar-refractivity contribution in [3.05, 3.63) is 59.7 Å². The summed E-state index contributed by atoms with van der Waals surface area (Å²) in [6, 6.07) is 17.2. The van der Waals surface area contributed by atoms with Crippen LogP contribution in [0.3, 0.4) is 0 Å². The second-order valence-corrected chi connectivity index (χ2v) is 11.5. The van der Waals surface area contributed by atoms with E-state index in [4.69, 9.17) is 4.74 Å². The first kappa shape index (κ1) is 15.8. The Morgan fingerprint density at radius 3 is 2.19 bits per heavy atom. The van der Waals surface area contributed by atoms with Crippen LogP contribution in [-0.2, 0) is 13.1 Å². The minimum absolute atomic E-state index is 0.854. The molecule has 0 spiro atoms. The van der Waals surface area contributed by atoms with E-state index in [0.717, 1.165) is 18.8 Å². The first-order valence-corrected chi connectivity index (χ1v) is 10.9. The summed E-state index contributed by atoms with van der Waals surface area (Å²) in [6.45, 7) is 8.88. The van der Waals surface area contributed by atoms with Crippen molar-refractivity contribution in [3.63, 3.8) is 0 Å². The summed E-state index contributed by atoms with van der Waals surface area (Å²) < 4.78 is 5.24. The minimum Gasteiger partial charge on any atom is -0.497 e. The standard InChI is InChI=1S/C18H25NOSi/c1-20-17-7-5-6-16(12-17)14-19-13-15-8-10-18(11-9-15)21(2,3)4/h5-12,19H,13-14H2,1-4H3. The molecular formula is C18H25NOSi. The average Bonchev–Trinajstić information content (AvgIpc) is 2.47. The fourth-order valence-electron chi connectivity index (χ4n) is 2.26. The van der Waals surface area contributed by atoms with Crippen molar-refractivity contribution in [2.75, 3.05) is 7.11 Å². The largest absolute Gasteiger partial charge is 0.497 e. The average molecular weight is 299 g/mol. The molecule has 0 bridgehead atoms. The van der Waals surface area contributed by atoms with Gasteiger partial charge in [-0.05, 0) is 23.3 Å². The quantitative estimate of drug-likeness (QED) is 0.824. The predicted molar refractivity (Wildman–Crippen MR) is 93.0 cm³/mol. The monoisotopic (exact) mass is 299 g/mol. The highest BCUT2D eigenvalue weighted by atomic mass is 28.3. The van der Waals surface area contributed by atoms with Gasteiger partial charge >= 0.3 is 0 Å². The Morgan fingerprint density at radius 1 is 0.905 bits per heavy atom. The third-order valence-electron chi connectivity index (χ3n) is 3.61. The van der Waals surface area contributed by atoms with Crippen LogP contribution < -0.4 is 15.2 Å². The number of ether oxygens (including phenoxy) is 1. The lowest BCUT2D eigenvalue weighted by Crippen LogP contribution is -2.37. The van der Waals surface area contributed by atoms with E-state index in [9.17, 15) is 0 Å². The molecule has 0 aliphatic carbocycles. The van der Waals surface area contributed by atoms with Crippen molar-refractivity contribution in [1.29, 1.82) is 0 Å². The van der Waals surface area contributed by atoms with Crippen LogP contribution in [0.1, 0.15) is 11.1 Å². The van der Waals surface area contributed by atoms with Crippen LogP contribution in [0.4, 0.5) is 0 Å². The van der Waals surface area contributed by atoms with E-state index in [-0.39, 0.29) is 0 Å². The maximum absolute atomic E-state index is 5.24. The molecule has 2 aromatic carbocycles. The number of nitrogens with one attached hydrogen (secondary N) is 1. The highest BCUT2D eigenvalue weighted by molar-refractivity contribution is 6.88. The topological polar surface area (TPSA) is 21.3 Å². The summed E-state index contributed by atoms with van der Waals surface area (Å²) >= 11 is 0. The molecule has 0 fully saturated rings. The van der Waals surface area contributed by atoms with Crippen molar-refractivity contribution >= 4 is 13.3 Å². The van der Waals surface area contributed by atoms with Crippen molar-refractivity contribution in [2.45, 2.75) is 32.7 Å². The molecule has 2 nitrogen and oxygen atoms in total. The smallest absolute Gasteiger partial charge is 0.119 e. The van der Waals surface area contributed by atoms with Gasteiger partial charge in [0.15, 0.2) is 0 Å². The van der Waals surface area contributed by atoms with E-state index in [2.05, 4.69) is 61.4 Å². The molecule has 0 heterocycles. The van der Waals surface area contributed by atoms with E-state index in [0.29, 0.717) is 0 Å². The SMILES string of the molecule is COc1cccc(CNCc2ccc([Si](C)(C)C)cc2)c1. The molecule has 0 radical (unpaired) electrons. The third kappa shape index (κ3) is 4.72. The summed E-state index contributed by atoms with van der Waals surface area (Å²) in [4.78, 5) is 0. The van der Waals surface area contributed by atoms with Crippen LogP contribution >= 0.6 is 0 Å². The van der Waals surface area contributed by atoms with E-state index in [1.807, 2.05) is 12.1 Å². The van der Waals surface area contributed by atoms with Crippen molar-refractivity contribution in [1.82, 2.24) is 5.32 Å². The Morgan fingerprint density at radius 2 is 1.57 bits per heavy atom. The normalized spacial score (nSPS) is 11.4. The fraction of sp³-hybridized carbons (Fsp3) is 0.333. The molecule has 0 aromatic heterocycles. The van der Waals surface area contributed by atoms with Crippen molar-refractivity contribution in [3.8, 4) is 5.75 Å². The van der Waals surface area contributed by atoms with Gasteiger partial charge < -0.3 is 10.1 Å². The number of hydrogen-bond acceptors (Lipinski definition) is 2. The predicted octanol–water partition coefficient (Wildman–Crippen LogP) is 3.53. The Kier molecular flexibility index (Phi) is 5.20. The van der Waals surface area contributed by atoms with Gasteiger partial charge in [-0.1, -0.05) is 61.2 Å². The molecule has 0 atom stereocenters. The Hall–Kier alpha value is -1.58. The third-order valence-corrected chi connectivity index (χ3v) is 5.68. The van der Waals surface area contributed by atoms with Gasteiger partial charge in [-0.15, -0.1) is 0 Å². The lowest BCUT2D eigenvalue weighted by Gasteiger charge is -2.16. The number of hydrogen-bond donors (Lipinski definition) is 1. The summed E-state index contributed by atoms with van der Waals surface area (Å²) in [5.74, 6) is 0.911. The fourth-order valence-corrected chi connectivity index (χ4v) is 3.42. The highest BCUT2D eigenvalue weighted by Crippen LogP contribution is 2.12. The van der Waals surface area contributed by atoms with Gasteiger partial charge in [-0.25, -0.2) is 0 Å². The molecule has 0 unspecified atom stereocenters. The molecule has 0 aliphatic rings. The van der Waals surface area contributed by atoms with Gasteiger partial charge in [-0.2, -0.15) is 0 Å². The summed E-state index contributed by atoms with van der Waals surface area (Å²) in [5.41, 5.74) is 2.58. The zero-order chi connectivity index (χ0) is 15.3. The van der Waals surface area contributed by atoms with Crippen LogP contribution in [-0.4, -0.2) is 15.2 Å². The van der Waals surface area contributed by atoms with Crippen LogP contribution in [0, 0.1) is 0 Å². The summed E-state index contributed by atoms with van der Waals surface area (Å²) in [7, 11) is 0.516. The molecular weight excluding hydrogens is 274 g/mol. The zero-order valence-corrected chi connectivity index (χ0v) is 14.4. The van der Waals surface area contributed by atoms with Crippen LogP contribution in [0.5, 0.6) is 5.75 Å². The van der Waals surface area contributed by atoms with Gasteiger partial charge in [0, 0.05) is 13.1 Å². The molecule has 112 valence electrons. The summed E-state index contributed by atoms with van der Waals surface area (Å²) in [5, 5.41) is 5.00. The van der Waals surface area contributed by atoms with Gasteiger partial charge in [0.05, 0.1) is 15.2 Å².